The molecule has 0 atom stereocenters. The number of fused-ring (bicyclic) bond motifs is 3. The van der Waals surface area contributed by atoms with Crippen LogP contribution in [0.2, 0.25) is 0 Å². The molecule has 4 nitrogen and oxygen atoms in total. The highest BCUT2D eigenvalue weighted by Gasteiger charge is 2.26. The maximum atomic E-state index is 13.7. The van der Waals surface area contributed by atoms with Crippen LogP contribution in [-0.4, -0.2) is 22.0 Å². The van der Waals surface area contributed by atoms with Crippen LogP contribution in [0, 0.1) is 12.7 Å². The fraction of sp³-hybridized carbons (Fsp3) is 0.250. The van der Waals surface area contributed by atoms with Crippen molar-refractivity contribution in [2.45, 2.75) is 19.9 Å². The molecule has 0 spiro atoms. The summed E-state index contributed by atoms with van der Waals surface area (Å²) < 4.78 is 15.8. The summed E-state index contributed by atoms with van der Waals surface area (Å²) in [5, 5.41) is 3.85. The highest BCUT2D eigenvalue weighted by Crippen LogP contribution is 2.31. The predicted octanol–water partition coefficient (Wildman–Crippen LogP) is 4.22. The van der Waals surface area contributed by atoms with Gasteiger partial charge in [-0.05, 0) is 42.8 Å². The van der Waals surface area contributed by atoms with Gasteiger partial charge in [0.15, 0.2) is 0 Å². The van der Waals surface area contributed by atoms with E-state index in [1.807, 2.05) is 38.2 Å². The second-order valence-electron chi connectivity index (χ2n) is 6.62. The van der Waals surface area contributed by atoms with Crippen molar-refractivity contribution in [2.24, 2.45) is 7.05 Å². The highest BCUT2D eigenvalue weighted by molar-refractivity contribution is 5.91. The number of carbonyl (C=O) groups is 1. The zero-order chi connectivity index (χ0) is 17.6. The van der Waals surface area contributed by atoms with Crippen LogP contribution in [0.5, 0.6) is 0 Å². The molecule has 1 aromatic heterocycles. The van der Waals surface area contributed by atoms with Crippen LogP contribution in [-0.2, 0) is 20.0 Å². The van der Waals surface area contributed by atoms with E-state index in [4.69, 9.17) is 0 Å². The number of aromatic nitrogens is 1. The quantitative estimate of drug-likeness (QED) is 0.709. The van der Waals surface area contributed by atoms with Crippen LogP contribution >= 0.6 is 0 Å². The van der Waals surface area contributed by atoms with Gasteiger partial charge in [0.2, 0.25) is 0 Å². The fourth-order valence-corrected chi connectivity index (χ4v) is 3.65. The van der Waals surface area contributed by atoms with Gasteiger partial charge in [-0.2, -0.15) is 0 Å². The van der Waals surface area contributed by atoms with E-state index in [1.54, 1.807) is 17.0 Å². The second-order valence-corrected chi connectivity index (χ2v) is 6.62. The normalized spacial score (nSPS) is 13.8. The Balaban J connectivity index is 1.62. The van der Waals surface area contributed by atoms with Crippen molar-refractivity contribution in [3.63, 3.8) is 0 Å². The number of amides is 2. The number of hydrogen-bond acceptors (Lipinski definition) is 1. The molecule has 0 bridgehead atoms. The number of halogens is 1. The minimum Gasteiger partial charge on any atom is -0.347 e. The lowest BCUT2D eigenvalue weighted by molar-refractivity contribution is 0.206. The van der Waals surface area contributed by atoms with Crippen LogP contribution in [0.4, 0.5) is 14.9 Å². The van der Waals surface area contributed by atoms with Crippen LogP contribution < -0.4 is 5.32 Å². The molecule has 3 aromatic rings. The lowest BCUT2D eigenvalue weighted by atomic mass is 10.0. The maximum Gasteiger partial charge on any atom is 0.322 e. The molecule has 128 valence electrons. The molecule has 0 radical (unpaired) electrons. The molecule has 2 amide bonds. The number of urea groups is 1. The zero-order valence-electron chi connectivity index (χ0n) is 14.3. The van der Waals surface area contributed by atoms with Gasteiger partial charge in [0, 0.05) is 54.4 Å². The molecular weight excluding hydrogens is 317 g/mol. The number of nitrogens with zero attached hydrogens (tertiary/aromatic N) is 2. The lowest BCUT2D eigenvalue weighted by Crippen LogP contribution is -2.39. The second kappa shape index (κ2) is 5.92. The van der Waals surface area contributed by atoms with E-state index >= 15 is 0 Å². The van der Waals surface area contributed by atoms with Crippen LogP contribution in [0.1, 0.15) is 16.8 Å². The van der Waals surface area contributed by atoms with E-state index in [2.05, 4.69) is 9.88 Å². The van der Waals surface area contributed by atoms with Crippen molar-refractivity contribution in [2.75, 3.05) is 11.9 Å². The minimum atomic E-state index is -0.248. The molecule has 0 unspecified atom stereocenters. The number of anilines is 1. The molecule has 4 rings (SSSR count). The van der Waals surface area contributed by atoms with Crippen molar-refractivity contribution in [1.82, 2.24) is 9.47 Å². The van der Waals surface area contributed by atoms with Crippen molar-refractivity contribution < 1.29 is 9.18 Å². The summed E-state index contributed by atoms with van der Waals surface area (Å²) in [4.78, 5) is 14.4. The minimum absolute atomic E-state index is 0.121. The van der Waals surface area contributed by atoms with Crippen molar-refractivity contribution in [3.8, 4) is 0 Å². The summed E-state index contributed by atoms with van der Waals surface area (Å²) in [5.74, 6) is -0.248. The number of rotatable bonds is 1. The Morgan fingerprint density at radius 1 is 1.20 bits per heavy atom. The van der Waals surface area contributed by atoms with Gasteiger partial charge in [0.05, 0.1) is 0 Å². The molecule has 0 fully saturated rings. The van der Waals surface area contributed by atoms with Crippen molar-refractivity contribution in [1.29, 1.82) is 0 Å². The van der Waals surface area contributed by atoms with E-state index in [0.717, 1.165) is 34.1 Å². The van der Waals surface area contributed by atoms with E-state index in [0.29, 0.717) is 13.1 Å². The van der Waals surface area contributed by atoms with E-state index < -0.39 is 0 Å². The number of hydrogen-bond donors (Lipinski definition) is 1. The monoisotopic (exact) mass is 337 g/mol. The van der Waals surface area contributed by atoms with E-state index in [9.17, 15) is 9.18 Å². The largest absolute Gasteiger partial charge is 0.347 e. The summed E-state index contributed by atoms with van der Waals surface area (Å²) in [6, 6.07) is 12.5. The Bertz CT molecular complexity index is 976. The number of nitrogens with one attached hydrogen (secondary N) is 1. The molecular formula is C20H20FN3O. The van der Waals surface area contributed by atoms with Gasteiger partial charge in [0.25, 0.3) is 0 Å². The van der Waals surface area contributed by atoms with Gasteiger partial charge in [-0.1, -0.05) is 12.1 Å². The molecule has 0 aliphatic carbocycles. The Hall–Kier alpha value is -2.82. The number of benzene rings is 2. The maximum absolute atomic E-state index is 13.7. The zero-order valence-corrected chi connectivity index (χ0v) is 14.3. The molecule has 2 aromatic carbocycles. The molecule has 0 saturated carbocycles. The SMILES string of the molecule is Cc1cccc(NC(=O)N2CCc3c(c4cc(F)ccc4n3C)C2)c1. The van der Waals surface area contributed by atoms with Crippen LogP contribution in [0.3, 0.4) is 0 Å². The first-order valence-electron chi connectivity index (χ1n) is 8.41. The van der Waals surface area contributed by atoms with Gasteiger partial charge in [-0.15, -0.1) is 0 Å². The Kier molecular flexibility index (Phi) is 3.71. The summed E-state index contributed by atoms with van der Waals surface area (Å²) in [6.07, 6.45) is 0.767. The van der Waals surface area contributed by atoms with E-state index in [1.165, 1.54) is 11.8 Å². The molecule has 5 heteroatoms. The van der Waals surface area contributed by atoms with Crippen LogP contribution in [0.25, 0.3) is 10.9 Å². The molecule has 2 heterocycles. The van der Waals surface area contributed by atoms with Crippen molar-refractivity contribution in [3.05, 3.63) is 65.1 Å². The van der Waals surface area contributed by atoms with Gasteiger partial charge in [-0.3, -0.25) is 0 Å². The topological polar surface area (TPSA) is 37.3 Å². The average molecular weight is 337 g/mol. The first-order chi connectivity index (χ1) is 12.0. The fourth-order valence-electron chi connectivity index (χ4n) is 3.65. The molecule has 0 saturated heterocycles. The van der Waals surface area contributed by atoms with Crippen molar-refractivity contribution >= 4 is 22.6 Å². The van der Waals surface area contributed by atoms with Gasteiger partial charge < -0.3 is 14.8 Å². The third-order valence-electron chi connectivity index (χ3n) is 4.92. The Morgan fingerprint density at radius 3 is 2.84 bits per heavy atom. The van der Waals surface area contributed by atoms with Gasteiger partial charge in [0.1, 0.15) is 5.82 Å². The summed E-state index contributed by atoms with van der Waals surface area (Å²) in [5.41, 5.74) is 5.12. The first kappa shape index (κ1) is 15.7. The van der Waals surface area contributed by atoms with Gasteiger partial charge in [-0.25, -0.2) is 9.18 Å². The molecule has 25 heavy (non-hydrogen) atoms. The lowest BCUT2D eigenvalue weighted by Gasteiger charge is -2.28. The standard InChI is InChI=1S/C20H20FN3O/c1-13-4-3-5-15(10-13)22-20(25)24-9-8-19-17(12-24)16-11-14(21)6-7-18(16)23(19)2/h3-7,10-11H,8-9,12H2,1-2H3,(H,22,25). The Morgan fingerprint density at radius 2 is 2.04 bits per heavy atom. The summed E-state index contributed by atoms with van der Waals surface area (Å²) in [6.45, 7) is 3.14. The number of aryl methyl sites for hydroxylation is 2. The molecule has 1 aliphatic heterocycles. The molecule has 1 aliphatic rings. The highest BCUT2D eigenvalue weighted by atomic mass is 19.1. The van der Waals surface area contributed by atoms with Gasteiger partial charge >= 0.3 is 6.03 Å². The summed E-state index contributed by atoms with van der Waals surface area (Å²) >= 11 is 0. The molecule has 1 N–H and O–H groups in total. The van der Waals surface area contributed by atoms with E-state index in [-0.39, 0.29) is 11.8 Å². The average Bonchev–Trinajstić information content (AvgIpc) is 2.86. The summed E-state index contributed by atoms with van der Waals surface area (Å²) in [7, 11) is 2.00. The third kappa shape index (κ3) is 2.76. The van der Waals surface area contributed by atoms with Crippen LogP contribution in [0.15, 0.2) is 42.5 Å². The Labute approximate surface area is 145 Å². The smallest absolute Gasteiger partial charge is 0.322 e. The first-order valence-corrected chi connectivity index (χ1v) is 8.41. The predicted molar refractivity (Wildman–Crippen MR) is 97.2 cm³/mol. The third-order valence-corrected chi connectivity index (χ3v) is 4.92. The number of carbonyl (C=O) groups excluding carboxylic acids is 1.